The number of aryl methyl sites for hydroxylation is 1. The summed E-state index contributed by atoms with van der Waals surface area (Å²) in [6, 6.07) is 1.70. The molecule has 1 aliphatic carbocycles. The second-order valence-electron chi connectivity index (χ2n) is 5.07. The zero-order valence-electron chi connectivity index (χ0n) is 11.3. The van der Waals surface area contributed by atoms with Crippen LogP contribution < -0.4 is 11.1 Å². The summed E-state index contributed by atoms with van der Waals surface area (Å²) in [5.41, 5.74) is 7.68. The maximum absolute atomic E-state index is 12.1. The van der Waals surface area contributed by atoms with Crippen LogP contribution in [0, 0.1) is 17.2 Å². The number of hydrogen-bond acceptors (Lipinski definition) is 4. The zero-order valence-corrected chi connectivity index (χ0v) is 12.1. The van der Waals surface area contributed by atoms with Gasteiger partial charge in [0.1, 0.15) is 11.1 Å². The molecule has 0 radical (unpaired) electrons. The quantitative estimate of drug-likeness (QED) is 0.887. The zero-order chi connectivity index (χ0) is 14.0. The lowest BCUT2D eigenvalue weighted by molar-refractivity contribution is -0.118. The molecule has 2 unspecified atom stereocenters. The Morgan fingerprint density at radius 2 is 2.32 bits per heavy atom. The number of nitrogens with one attached hydrogen (secondary N) is 1. The molecule has 2 atom stereocenters. The average Bonchev–Trinajstić information content (AvgIpc) is 2.96. The Bertz CT molecular complexity index is 530. The Hall–Kier alpha value is -1.38. The van der Waals surface area contributed by atoms with Gasteiger partial charge in [0.25, 0.3) is 0 Å². The van der Waals surface area contributed by atoms with Gasteiger partial charge >= 0.3 is 0 Å². The Morgan fingerprint density at radius 1 is 1.58 bits per heavy atom. The molecular formula is C14H19N3OS. The highest BCUT2D eigenvalue weighted by molar-refractivity contribution is 7.16. The molecule has 0 saturated heterocycles. The van der Waals surface area contributed by atoms with Crippen LogP contribution in [-0.4, -0.2) is 11.9 Å². The van der Waals surface area contributed by atoms with Crippen molar-refractivity contribution in [1.29, 1.82) is 5.26 Å². The lowest BCUT2D eigenvalue weighted by Gasteiger charge is -2.17. The number of rotatable bonds is 4. The van der Waals surface area contributed by atoms with Crippen LogP contribution in [0.3, 0.4) is 0 Å². The number of nitrogens with two attached hydrogens (primary N) is 1. The van der Waals surface area contributed by atoms with E-state index in [1.807, 2.05) is 13.8 Å². The lowest BCUT2D eigenvalue weighted by Crippen LogP contribution is -2.40. The highest BCUT2D eigenvalue weighted by Crippen LogP contribution is 2.38. The number of amides is 1. The lowest BCUT2D eigenvalue weighted by atomic mass is 9.99. The summed E-state index contributed by atoms with van der Waals surface area (Å²) < 4.78 is 0. The van der Waals surface area contributed by atoms with Crippen molar-refractivity contribution in [3.63, 3.8) is 0 Å². The third-order valence-corrected chi connectivity index (χ3v) is 5.04. The van der Waals surface area contributed by atoms with E-state index >= 15 is 0 Å². The number of carbonyl (C=O) groups excluding carboxylic acids is 1. The molecular weight excluding hydrogens is 258 g/mol. The predicted octanol–water partition coefficient (Wildman–Crippen LogP) is 2.42. The van der Waals surface area contributed by atoms with E-state index in [2.05, 4.69) is 11.4 Å². The second kappa shape index (κ2) is 5.72. The van der Waals surface area contributed by atoms with E-state index in [0.29, 0.717) is 10.6 Å². The van der Waals surface area contributed by atoms with Gasteiger partial charge in [-0.15, -0.1) is 11.3 Å². The SMILES string of the molecule is CCC(C)C(N)C(=O)Nc1sc2c(c1C#N)CCC2. The van der Waals surface area contributed by atoms with E-state index in [9.17, 15) is 10.1 Å². The van der Waals surface area contributed by atoms with Crippen LogP contribution in [0.1, 0.15) is 42.7 Å². The topological polar surface area (TPSA) is 78.9 Å². The van der Waals surface area contributed by atoms with Crippen molar-refractivity contribution < 1.29 is 4.79 Å². The molecule has 1 heterocycles. The number of hydrogen-bond donors (Lipinski definition) is 2. The van der Waals surface area contributed by atoms with E-state index < -0.39 is 6.04 Å². The third-order valence-electron chi connectivity index (χ3n) is 3.83. The van der Waals surface area contributed by atoms with E-state index in [0.717, 1.165) is 31.2 Å². The van der Waals surface area contributed by atoms with Crippen molar-refractivity contribution in [2.45, 2.75) is 45.6 Å². The highest BCUT2D eigenvalue weighted by Gasteiger charge is 2.25. The number of fused-ring (bicyclic) bond motifs is 1. The Labute approximate surface area is 117 Å². The van der Waals surface area contributed by atoms with Gasteiger partial charge in [-0.05, 0) is 30.7 Å². The molecule has 4 nitrogen and oxygen atoms in total. The summed E-state index contributed by atoms with van der Waals surface area (Å²) in [5.74, 6) is -0.0527. The smallest absolute Gasteiger partial charge is 0.242 e. The summed E-state index contributed by atoms with van der Waals surface area (Å²) in [6.07, 6.45) is 3.93. The number of thiophene rings is 1. The number of anilines is 1. The first-order chi connectivity index (χ1) is 9.08. The first-order valence-electron chi connectivity index (χ1n) is 6.69. The van der Waals surface area contributed by atoms with Gasteiger partial charge in [0, 0.05) is 4.88 Å². The average molecular weight is 277 g/mol. The molecule has 0 fully saturated rings. The number of nitrogens with zero attached hydrogens (tertiary/aromatic N) is 1. The summed E-state index contributed by atoms with van der Waals surface area (Å²) in [7, 11) is 0. The van der Waals surface area contributed by atoms with Crippen LogP contribution in [-0.2, 0) is 17.6 Å². The van der Waals surface area contributed by atoms with Crippen molar-refractivity contribution in [2.24, 2.45) is 11.7 Å². The molecule has 0 spiro atoms. The molecule has 1 aromatic heterocycles. The van der Waals surface area contributed by atoms with Crippen molar-refractivity contribution in [3.8, 4) is 6.07 Å². The molecule has 3 N–H and O–H groups in total. The summed E-state index contributed by atoms with van der Waals surface area (Å²) in [5, 5.41) is 12.8. The van der Waals surface area contributed by atoms with E-state index in [-0.39, 0.29) is 11.8 Å². The van der Waals surface area contributed by atoms with Crippen LogP contribution in [0.2, 0.25) is 0 Å². The molecule has 1 aliphatic rings. The van der Waals surface area contributed by atoms with Gasteiger partial charge in [0.2, 0.25) is 5.91 Å². The molecule has 0 saturated carbocycles. The molecule has 0 aromatic carbocycles. The van der Waals surface area contributed by atoms with Gasteiger partial charge in [-0.2, -0.15) is 5.26 Å². The van der Waals surface area contributed by atoms with Crippen molar-refractivity contribution in [1.82, 2.24) is 0 Å². The summed E-state index contributed by atoms with van der Waals surface area (Å²) in [6.45, 7) is 3.97. The minimum absolute atomic E-state index is 0.136. The molecule has 1 amide bonds. The molecule has 102 valence electrons. The van der Waals surface area contributed by atoms with Crippen LogP contribution in [0.5, 0.6) is 0 Å². The van der Waals surface area contributed by atoms with Crippen molar-refractivity contribution in [3.05, 3.63) is 16.0 Å². The minimum atomic E-state index is -0.520. The fourth-order valence-corrected chi connectivity index (χ4v) is 3.56. The van der Waals surface area contributed by atoms with Gasteiger partial charge in [-0.25, -0.2) is 0 Å². The molecule has 0 aliphatic heterocycles. The first kappa shape index (κ1) is 14.0. The second-order valence-corrected chi connectivity index (χ2v) is 6.18. The fourth-order valence-electron chi connectivity index (χ4n) is 2.32. The van der Waals surface area contributed by atoms with E-state index in [4.69, 9.17) is 5.73 Å². The molecule has 2 rings (SSSR count). The summed E-state index contributed by atoms with van der Waals surface area (Å²) >= 11 is 1.53. The molecule has 0 bridgehead atoms. The van der Waals surface area contributed by atoms with Gasteiger partial charge < -0.3 is 11.1 Å². The van der Waals surface area contributed by atoms with Crippen LogP contribution >= 0.6 is 11.3 Å². The largest absolute Gasteiger partial charge is 0.320 e. The number of nitriles is 1. The Morgan fingerprint density at radius 3 is 2.95 bits per heavy atom. The Balaban J connectivity index is 2.16. The molecule has 1 aromatic rings. The highest BCUT2D eigenvalue weighted by atomic mass is 32.1. The van der Waals surface area contributed by atoms with Gasteiger partial charge in [-0.1, -0.05) is 20.3 Å². The maximum Gasteiger partial charge on any atom is 0.242 e. The van der Waals surface area contributed by atoms with Crippen LogP contribution in [0.15, 0.2) is 0 Å². The van der Waals surface area contributed by atoms with E-state index in [1.165, 1.54) is 16.2 Å². The minimum Gasteiger partial charge on any atom is -0.320 e. The van der Waals surface area contributed by atoms with Crippen molar-refractivity contribution in [2.75, 3.05) is 5.32 Å². The fraction of sp³-hybridized carbons (Fsp3) is 0.571. The van der Waals surface area contributed by atoms with E-state index in [1.54, 1.807) is 0 Å². The number of carbonyl (C=O) groups is 1. The van der Waals surface area contributed by atoms with Gasteiger partial charge in [0.15, 0.2) is 0 Å². The van der Waals surface area contributed by atoms with Crippen LogP contribution in [0.25, 0.3) is 0 Å². The molecule has 19 heavy (non-hydrogen) atoms. The first-order valence-corrected chi connectivity index (χ1v) is 7.51. The molecule has 5 heteroatoms. The van der Waals surface area contributed by atoms with Crippen LogP contribution in [0.4, 0.5) is 5.00 Å². The maximum atomic E-state index is 12.1. The monoisotopic (exact) mass is 277 g/mol. The Kier molecular flexibility index (Phi) is 4.23. The van der Waals surface area contributed by atoms with Crippen molar-refractivity contribution >= 4 is 22.2 Å². The standard InChI is InChI=1S/C14H19N3OS/c1-3-8(2)12(16)13(18)17-14-10(7-15)9-5-4-6-11(9)19-14/h8,12H,3-6,16H2,1-2H3,(H,17,18). The van der Waals surface area contributed by atoms with Gasteiger partial charge in [0.05, 0.1) is 11.6 Å². The normalized spacial score (nSPS) is 16.5. The van der Waals surface area contributed by atoms with Gasteiger partial charge in [-0.3, -0.25) is 4.79 Å². The third kappa shape index (κ3) is 2.65. The predicted molar refractivity (Wildman–Crippen MR) is 77.1 cm³/mol. The summed E-state index contributed by atoms with van der Waals surface area (Å²) in [4.78, 5) is 13.3.